The van der Waals surface area contributed by atoms with Crippen LogP contribution in [0.1, 0.15) is 52.4 Å². The molecule has 0 N–H and O–H groups in total. The van der Waals surface area contributed by atoms with E-state index in [-0.39, 0.29) is 5.41 Å². The van der Waals surface area contributed by atoms with Crippen LogP contribution in [0.2, 0.25) is 0 Å². The second-order valence-electron chi connectivity index (χ2n) is 6.72. The summed E-state index contributed by atoms with van der Waals surface area (Å²) in [6, 6.07) is 0. The lowest BCUT2D eigenvalue weighted by molar-refractivity contribution is -0.137. The molecule has 0 amide bonds. The predicted molar refractivity (Wildman–Crippen MR) is 70.2 cm³/mol. The third kappa shape index (κ3) is 2.62. The van der Waals surface area contributed by atoms with Crippen molar-refractivity contribution < 1.29 is 14.3 Å². The Balaban J connectivity index is 1.98. The zero-order chi connectivity index (χ0) is 13.2. The molecular formula is C15H26O3. The maximum atomic E-state index is 11.8. The molecule has 0 heterocycles. The number of hydrogen-bond donors (Lipinski definition) is 0. The van der Waals surface area contributed by atoms with Crippen molar-refractivity contribution in [3.05, 3.63) is 0 Å². The molecule has 104 valence electrons. The van der Waals surface area contributed by atoms with Gasteiger partial charge in [-0.15, -0.1) is 0 Å². The van der Waals surface area contributed by atoms with E-state index in [2.05, 4.69) is 13.8 Å². The van der Waals surface area contributed by atoms with Crippen LogP contribution < -0.4 is 0 Å². The number of carbonyl (C=O) groups is 1. The highest BCUT2D eigenvalue weighted by atomic mass is 16.7. The molecule has 0 bridgehead atoms. The molecule has 2 aliphatic carbocycles. The summed E-state index contributed by atoms with van der Waals surface area (Å²) < 4.78 is 10.4. The lowest BCUT2D eigenvalue weighted by Crippen LogP contribution is -2.48. The molecule has 0 spiro atoms. The van der Waals surface area contributed by atoms with Gasteiger partial charge in [-0.3, -0.25) is 4.79 Å². The summed E-state index contributed by atoms with van der Waals surface area (Å²) in [5, 5.41) is 0. The molecular weight excluding hydrogens is 228 g/mol. The Labute approximate surface area is 110 Å². The zero-order valence-electron chi connectivity index (χ0n) is 12.0. The molecule has 0 aromatic rings. The van der Waals surface area contributed by atoms with Crippen LogP contribution >= 0.6 is 0 Å². The summed E-state index contributed by atoms with van der Waals surface area (Å²) in [7, 11) is 1.65. The Morgan fingerprint density at radius 2 is 2.06 bits per heavy atom. The Morgan fingerprint density at radius 3 is 2.78 bits per heavy atom. The molecule has 2 aliphatic rings. The molecule has 2 fully saturated rings. The molecule has 3 heteroatoms. The van der Waals surface area contributed by atoms with Crippen LogP contribution in [0.4, 0.5) is 0 Å². The summed E-state index contributed by atoms with van der Waals surface area (Å²) >= 11 is 0. The van der Waals surface area contributed by atoms with Gasteiger partial charge in [0.05, 0.1) is 6.61 Å². The van der Waals surface area contributed by atoms with Gasteiger partial charge in [-0.2, -0.15) is 0 Å². The van der Waals surface area contributed by atoms with E-state index in [1.165, 1.54) is 12.8 Å². The minimum atomic E-state index is 0.182. The number of hydrogen-bond acceptors (Lipinski definition) is 3. The maximum absolute atomic E-state index is 11.8. The lowest BCUT2D eigenvalue weighted by Gasteiger charge is -2.55. The van der Waals surface area contributed by atoms with Gasteiger partial charge >= 0.3 is 0 Å². The topological polar surface area (TPSA) is 35.5 Å². The highest BCUT2D eigenvalue weighted by Gasteiger charge is 2.51. The van der Waals surface area contributed by atoms with E-state index in [0.29, 0.717) is 23.9 Å². The molecule has 2 rings (SSSR count). The number of rotatable bonds is 4. The first-order valence-electron chi connectivity index (χ1n) is 7.07. The fraction of sp³-hybridized carbons (Fsp3) is 0.933. The standard InChI is InChI=1S/C15H26O3/c1-14-6-4-12(10-18-11-17-3)8-15(14,2)9-13(16)5-7-14/h12H,4-11H2,1-3H3/t12-,14-,15+/m1/s1. The normalized spacial score (nSPS) is 40.6. The molecule has 0 radical (unpaired) electrons. The average molecular weight is 254 g/mol. The van der Waals surface area contributed by atoms with Gasteiger partial charge in [-0.05, 0) is 42.4 Å². The highest BCUT2D eigenvalue weighted by Crippen LogP contribution is 2.58. The van der Waals surface area contributed by atoms with Crippen molar-refractivity contribution in [1.82, 2.24) is 0 Å². The van der Waals surface area contributed by atoms with Crippen molar-refractivity contribution in [3.63, 3.8) is 0 Å². The van der Waals surface area contributed by atoms with Gasteiger partial charge in [0.1, 0.15) is 12.6 Å². The van der Waals surface area contributed by atoms with E-state index in [4.69, 9.17) is 9.47 Å². The number of ether oxygens (including phenoxy) is 2. The third-order valence-electron chi connectivity index (χ3n) is 5.40. The molecule has 0 saturated heterocycles. The highest BCUT2D eigenvalue weighted by molar-refractivity contribution is 5.80. The van der Waals surface area contributed by atoms with Crippen LogP contribution in [0.25, 0.3) is 0 Å². The quantitative estimate of drug-likeness (QED) is 0.571. The molecule has 2 saturated carbocycles. The molecule has 3 nitrogen and oxygen atoms in total. The van der Waals surface area contributed by atoms with Crippen LogP contribution in [0.3, 0.4) is 0 Å². The van der Waals surface area contributed by atoms with Gasteiger partial charge < -0.3 is 9.47 Å². The van der Waals surface area contributed by atoms with Gasteiger partial charge in [0.25, 0.3) is 0 Å². The number of ketones is 1. The Bertz CT molecular complexity index is 315. The first-order valence-corrected chi connectivity index (χ1v) is 7.07. The van der Waals surface area contributed by atoms with Crippen molar-refractivity contribution >= 4 is 5.78 Å². The number of Topliss-reactive ketones (excluding diaryl/α,β-unsaturated/α-hetero) is 1. The van der Waals surface area contributed by atoms with Crippen molar-refractivity contribution in [2.45, 2.75) is 52.4 Å². The van der Waals surface area contributed by atoms with E-state index in [0.717, 1.165) is 32.3 Å². The zero-order valence-corrected chi connectivity index (χ0v) is 12.0. The number of methoxy groups -OCH3 is 1. The van der Waals surface area contributed by atoms with Gasteiger partial charge in [-0.1, -0.05) is 13.8 Å². The third-order valence-corrected chi connectivity index (χ3v) is 5.40. The first kappa shape index (κ1) is 14.0. The van der Waals surface area contributed by atoms with Crippen LogP contribution in [0.15, 0.2) is 0 Å². The molecule has 0 aliphatic heterocycles. The molecule has 0 aromatic carbocycles. The van der Waals surface area contributed by atoms with Crippen molar-refractivity contribution in [1.29, 1.82) is 0 Å². The van der Waals surface area contributed by atoms with Gasteiger partial charge in [0, 0.05) is 20.0 Å². The predicted octanol–water partition coefficient (Wildman–Crippen LogP) is 3.17. The van der Waals surface area contributed by atoms with Gasteiger partial charge in [0.2, 0.25) is 0 Å². The Kier molecular flexibility index (Phi) is 4.12. The smallest absolute Gasteiger partial charge is 0.146 e. The summed E-state index contributed by atoms with van der Waals surface area (Å²) in [6.45, 7) is 5.84. The SMILES string of the molecule is COCOC[C@@H]1CC[C@]2(C)CCC(=O)C[C@]2(C)C1. The van der Waals surface area contributed by atoms with Gasteiger partial charge in [0.15, 0.2) is 0 Å². The van der Waals surface area contributed by atoms with E-state index < -0.39 is 0 Å². The Hall–Kier alpha value is -0.410. The van der Waals surface area contributed by atoms with Crippen LogP contribution in [0.5, 0.6) is 0 Å². The molecule has 18 heavy (non-hydrogen) atoms. The molecule has 0 unspecified atom stereocenters. The monoisotopic (exact) mass is 254 g/mol. The lowest BCUT2D eigenvalue weighted by atomic mass is 9.50. The van der Waals surface area contributed by atoms with Crippen molar-refractivity contribution in [3.8, 4) is 0 Å². The second-order valence-corrected chi connectivity index (χ2v) is 6.72. The van der Waals surface area contributed by atoms with Crippen molar-refractivity contribution in [2.24, 2.45) is 16.7 Å². The Morgan fingerprint density at radius 1 is 1.28 bits per heavy atom. The van der Waals surface area contributed by atoms with E-state index in [1.54, 1.807) is 7.11 Å². The van der Waals surface area contributed by atoms with Crippen LogP contribution in [0, 0.1) is 16.7 Å². The fourth-order valence-corrected chi connectivity index (χ4v) is 3.90. The van der Waals surface area contributed by atoms with E-state index in [9.17, 15) is 4.79 Å². The number of fused-ring (bicyclic) bond motifs is 1. The fourth-order valence-electron chi connectivity index (χ4n) is 3.90. The first-order chi connectivity index (χ1) is 8.49. The number of carbonyl (C=O) groups excluding carboxylic acids is 1. The summed E-state index contributed by atoms with van der Waals surface area (Å²) in [6.07, 6.45) is 6.22. The average Bonchev–Trinajstić information content (AvgIpc) is 2.31. The largest absolute Gasteiger partial charge is 0.359 e. The second kappa shape index (κ2) is 5.30. The van der Waals surface area contributed by atoms with Crippen LogP contribution in [-0.4, -0.2) is 26.3 Å². The maximum Gasteiger partial charge on any atom is 0.146 e. The molecule has 0 aromatic heterocycles. The van der Waals surface area contributed by atoms with E-state index >= 15 is 0 Å². The minimum absolute atomic E-state index is 0.182. The minimum Gasteiger partial charge on any atom is -0.359 e. The van der Waals surface area contributed by atoms with Crippen molar-refractivity contribution in [2.75, 3.05) is 20.5 Å². The van der Waals surface area contributed by atoms with Gasteiger partial charge in [-0.25, -0.2) is 0 Å². The van der Waals surface area contributed by atoms with E-state index in [1.807, 2.05) is 0 Å². The molecule has 3 atom stereocenters. The summed E-state index contributed by atoms with van der Waals surface area (Å²) in [5.74, 6) is 1.04. The van der Waals surface area contributed by atoms with Crippen LogP contribution in [-0.2, 0) is 14.3 Å². The summed E-state index contributed by atoms with van der Waals surface area (Å²) in [4.78, 5) is 11.8. The summed E-state index contributed by atoms with van der Waals surface area (Å²) in [5.41, 5.74) is 0.542.